The van der Waals surface area contributed by atoms with Gasteiger partial charge in [0.05, 0.1) is 29.0 Å². The van der Waals surface area contributed by atoms with E-state index in [1.165, 1.54) is 30.6 Å². The van der Waals surface area contributed by atoms with E-state index in [0.717, 1.165) is 27.6 Å². The normalized spacial score (nSPS) is 15.4. The van der Waals surface area contributed by atoms with Crippen LogP contribution in [0, 0.1) is 5.82 Å². The number of fused-ring (bicyclic) bond motifs is 2. The molecule has 3 aromatic carbocycles. The Morgan fingerprint density at radius 1 is 1.05 bits per heavy atom. The number of carbonyl (C=O) groups is 1. The van der Waals surface area contributed by atoms with Gasteiger partial charge in [-0.15, -0.1) is 0 Å². The number of aromatic nitrogens is 2. The van der Waals surface area contributed by atoms with Crippen molar-refractivity contribution < 1.29 is 13.9 Å². The van der Waals surface area contributed by atoms with Crippen molar-refractivity contribution in [2.24, 2.45) is 4.99 Å². The molecular weight excluding hydrogens is 513 g/mol. The standard InChI is InChI=1S/C31H24FN3O3S/c1-19-27(30(37)38-2)28(21-8-4-3-5-9-21)35-29(36)26(39-31(35)33-19)16-22-18-34(25-11-7-6-10-24(22)25)17-20-12-14-23(32)15-13-20/h3-16,18,28H,17H2,1-2H3. The molecule has 5 aromatic rings. The van der Waals surface area contributed by atoms with E-state index in [2.05, 4.69) is 9.56 Å². The Labute approximate surface area is 227 Å². The highest BCUT2D eigenvalue weighted by Gasteiger charge is 2.32. The summed E-state index contributed by atoms with van der Waals surface area (Å²) >= 11 is 1.29. The molecule has 6 nitrogen and oxygen atoms in total. The molecule has 2 aromatic heterocycles. The number of rotatable bonds is 5. The first-order chi connectivity index (χ1) is 18.9. The van der Waals surface area contributed by atoms with Crippen molar-refractivity contribution in [1.29, 1.82) is 0 Å². The molecule has 0 radical (unpaired) electrons. The lowest BCUT2D eigenvalue weighted by Crippen LogP contribution is -2.39. The van der Waals surface area contributed by atoms with Gasteiger partial charge in [-0.2, -0.15) is 0 Å². The van der Waals surface area contributed by atoms with E-state index in [9.17, 15) is 14.0 Å². The van der Waals surface area contributed by atoms with Crippen molar-refractivity contribution >= 4 is 34.3 Å². The molecule has 194 valence electrons. The summed E-state index contributed by atoms with van der Waals surface area (Å²) in [6.07, 6.45) is 3.89. The van der Waals surface area contributed by atoms with Gasteiger partial charge < -0.3 is 9.30 Å². The fourth-order valence-corrected chi connectivity index (χ4v) is 6.13. The van der Waals surface area contributed by atoms with Crippen LogP contribution < -0.4 is 14.9 Å². The molecule has 1 atom stereocenters. The molecular formula is C31H24FN3O3S. The van der Waals surface area contributed by atoms with Crippen LogP contribution in [0.25, 0.3) is 17.0 Å². The molecule has 0 fully saturated rings. The zero-order chi connectivity index (χ0) is 27.1. The third-order valence-electron chi connectivity index (χ3n) is 6.91. The highest BCUT2D eigenvalue weighted by molar-refractivity contribution is 7.07. The number of para-hydroxylation sites is 1. The maximum absolute atomic E-state index is 13.9. The van der Waals surface area contributed by atoms with Crippen LogP contribution in [0.15, 0.2) is 106 Å². The number of methoxy groups -OCH3 is 1. The van der Waals surface area contributed by atoms with E-state index in [1.54, 1.807) is 23.6 Å². The van der Waals surface area contributed by atoms with E-state index in [-0.39, 0.29) is 11.4 Å². The SMILES string of the molecule is COC(=O)C1=C(C)N=c2sc(=Cc3cn(Cc4ccc(F)cc4)c4ccccc34)c(=O)n2C1c1ccccc1. The van der Waals surface area contributed by atoms with E-state index in [4.69, 9.17) is 4.74 Å². The topological polar surface area (TPSA) is 65.6 Å². The summed E-state index contributed by atoms with van der Waals surface area (Å²) < 4.78 is 22.7. The summed E-state index contributed by atoms with van der Waals surface area (Å²) in [6, 6.07) is 23.2. The molecule has 8 heteroatoms. The lowest BCUT2D eigenvalue weighted by atomic mass is 9.96. The number of benzene rings is 3. The predicted molar refractivity (Wildman–Crippen MR) is 150 cm³/mol. The van der Waals surface area contributed by atoms with Crippen molar-refractivity contribution in [2.75, 3.05) is 7.11 Å². The van der Waals surface area contributed by atoms with Crippen LogP contribution >= 0.6 is 11.3 Å². The third kappa shape index (κ3) is 4.42. The van der Waals surface area contributed by atoms with Gasteiger partial charge in [0.1, 0.15) is 5.82 Å². The third-order valence-corrected chi connectivity index (χ3v) is 7.90. The number of ether oxygens (including phenoxy) is 1. The molecule has 3 heterocycles. The van der Waals surface area contributed by atoms with Gasteiger partial charge in [-0.05, 0) is 42.3 Å². The molecule has 0 amide bonds. The number of carbonyl (C=O) groups excluding carboxylic acids is 1. The summed E-state index contributed by atoms with van der Waals surface area (Å²) in [5.74, 6) is -0.783. The van der Waals surface area contributed by atoms with Crippen molar-refractivity contribution in [3.8, 4) is 0 Å². The molecule has 0 aliphatic carbocycles. The number of esters is 1. The van der Waals surface area contributed by atoms with Gasteiger partial charge in [0.15, 0.2) is 4.80 Å². The number of hydrogen-bond donors (Lipinski definition) is 0. The smallest absolute Gasteiger partial charge is 0.338 e. The van der Waals surface area contributed by atoms with Crippen molar-refractivity contribution in [3.05, 3.63) is 139 Å². The van der Waals surface area contributed by atoms with Crippen molar-refractivity contribution in [1.82, 2.24) is 9.13 Å². The maximum Gasteiger partial charge on any atom is 0.338 e. The summed E-state index contributed by atoms with van der Waals surface area (Å²) in [7, 11) is 1.33. The molecule has 0 saturated carbocycles. The average Bonchev–Trinajstić information content (AvgIpc) is 3.45. The van der Waals surface area contributed by atoms with Crippen LogP contribution in [0.5, 0.6) is 0 Å². The Kier molecular flexibility index (Phi) is 6.32. The number of thiazole rings is 1. The van der Waals surface area contributed by atoms with Crippen LogP contribution in [0.3, 0.4) is 0 Å². The molecule has 0 spiro atoms. The van der Waals surface area contributed by atoms with Crippen LogP contribution in [0.1, 0.15) is 29.7 Å². The first kappa shape index (κ1) is 24.8. The summed E-state index contributed by atoms with van der Waals surface area (Å²) in [4.78, 5) is 31.9. The summed E-state index contributed by atoms with van der Waals surface area (Å²) in [5, 5.41) is 0.997. The van der Waals surface area contributed by atoms with Crippen LogP contribution in [0.4, 0.5) is 4.39 Å². The quantitative estimate of drug-likeness (QED) is 0.309. The summed E-state index contributed by atoms with van der Waals surface area (Å²) in [6.45, 7) is 2.33. The molecule has 1 unspecified atom stereocenters. The number of nitrogens with zero attached hydrogens (tertiary/aromatic N) is 3. The van der Waals surface area contributed by atoms with Gasteiger partial charge in [0.2, 0.25) is 0 Å². The van der Waals surface area contributed by atoms with Gasteiger partial charge in [-0.1, -0.05) is 72.0 Å². The van der Waals surface area contributed by atoms with Crippen molar-refractivity contribution in [3.63, 3.8) is 0 Å². The largest absolute Gasteiger partial charge is 0.466 e. The highest BCUT2D eigenvalue weighted by atomic mass is 32.1. The Morgan fingerprint density at radius 3 is 2.51 bits per heavy atom. The van der Waals surface area contributed by atoms with Gasteiger partial charge >= 0.3 is 5.97 Å². The van der Waals surface area contributed by atoms with Crippen LogP contribution in [0.2, 0.25) is 0 Å². The van der Waals surface area contributed by atoms with E-state index >= 15 is 0 Å². The second-order valence-corrected chi connectivity index (χ2v) is 10.3. The average molecular weight is 538 g/mol. The molecule has 0 saturated heterocycles. The maximum atomic E-state index is 13.9. The van der Waals surface area contributed by atoms with Gasteiger partial charge in [0, 0.05) is 29.2 Å². The molecule has 1 aliphatic heterocycles. The minimum atomic E-state index is -0.642. The fourth-order valence-electron chi connectivity index (χ4n) is 5.09. The first-order valence-electron chi connectivity index (χ1n) is 12.4. The Hall–Kier alpha value is -4.56. The number of hydrogen-bond acceptors (Lipinski definition) is 5. The lowest BCUT2D eigenvalue weighted by molar-refractivity contribution is -0.136. The molecule has 6 rings (SSSR count). The minimum absolute atomic E-state index is 0.225. The van der Waals surface area contributed by atoms with E-state index in [1.807, 2.05) is 66.9 Å². The second-order valence-electron chi connectivity index (χ2n) is 9.34. The zero-order valence-corrected chi connectivity index (χ0v) is 22.1. The Balaban J connectivity index is 1.51. The monoisotopic (exact) mass is 537 g/mol. The van der Waals surface area contributed by atoms with E-state index < -0.39 is 12.0 Å². The number of allylic oxidation sites excluding steroid dienone is 1. The van der Waals surface area contributed by atoms with Crippen LogP contribution in [-0.4, -0.2) is 22.2 Å². The molecule has 1 aliphatic rings. The van der Waals surface area contributed by atoms with Crippen LogP contribution in [-0.2, 0) is 16.1 Å². The predicted octanol–water partition coefficient (Wildman–Crippen LogP) is 4.55. The lowest BCUT2D eigenvalue weighted by Gasteiger charge is -2.24. The van der Waals surface area contributed by atoms with Gasteiger partial charge in [-0.25, -0.2) is 14.2 Å². The molecule has 39 heavy (non-hydrogen) atoms. The highest BCUT2D eigenvalue weighted by Crippen LogP contribution is 2.30. The zero-order valence-electron chi connectivity index (χ0n) is 21.3. The number of halogens is 1. The Bertz CT molecular complexity index is 1930. The van der Waals surface area contributed by atoms with Crippen molar-refractivity contribution in [2.45, 2.75) is 19.5 Å². The minimum Gasteiger partial charge on any atom is -0.466 e. The van der Waals surface area contributed by atoms with Gasteiger partial charge in [0.25, 0.3) is 5.56 Å². The fraction of sp³-hybridized carbons (Fsp3) is 0.129. The molecule has 0 bridgehead atoms. The molecule has 0 N–H and O–H groups in total. The van der Waals surface area contributed by atoms with Gasteiger partial charge in [-0.3, -0.25) is 9.36 Å². The first-order valence-corrected chi connectivity index (χ1v) is 13.2. The van der Waals surface area contributed by atoms with E-state index in [0.29, 0.717) is 27.1 Å². The second kappa shape index (κ2) is 9.96. The Morgan fingerprint density at radius 2 is 1.77 bits per heavy atom. The summed E-state index contributed by atoms with van der Waals surface area (Å²) in [5.41, 5.74) is 4.31.